The van der Waals surface area contributed by atoms with Crippen LogP contribution < -0.4 is 5.32 Å². The third kappa shape index (κ3) is 3.75. The molecule has 4 rings (SSSR count). The van der Waals surface area contributed by atoms with E-state index in [0.29, 0.717) is 18.0 Å². The lowest BCUT2D eigenvalue weighted by atomic mass is 10.1. The molecule has 1 saturated heterocycles. The molecule has 1 N–H and O–H groups in total. The molecule has 27 heavy (non-hydrogen) atoms. The highest BCUT2D eigenvalue weighted by molar-refractivity contribution is 7.89. The highest BCUT2D eigenvalue weighted by Gasteiger charge is 2.33. The van der Waals surface area contributed by atoms with Crippen LogP contribution in [0.2, 0.25) is 0 Å². The molecule has 1 atom stereocenters. The Morgan fingerprint density at radius 2 is 1.44 bits per heavy atom. The summed E-state index contributed by atoms with van der Waals surface area (Å²) in [7, 11) is -3.55. The van der Waals surface area contributed by atoms with Crippen molar-refractivity contribution in [2.24, 2.45) is 0 Å². The molecule has 3 aromatic rings. The Morgan fingerprint density at radius 3 is 2.19 bits per heavy atom. The molecule has 0 amide bonds. The van der Waals surface area contributed by atoms with E-state index in [1.165, 1.54) is 0 Å². The summed E-state index contributed by atoms with van der Waals surface area (Å²) in [5.41, 5.74) is 2.68. The Hall–Kier alpha value is -2.63. The number of nitrogens with one attached hydrogen (secondary N) is 1. The first kappa shape index (κ1) is 17.8. The molecule has 1 aliphatic heterocycles. The van der Waals surface area contributed by atoms with Crippen LogP contribution in [0, 0.1) is 0 Å². The molecule has 1 unspecified atom stereocenters. The number of benzene rings is 3. The van der Waals surface area contributed by atoms with Gasteiger partial charge in [-0.05, 0) is 30.2 Å². The van der Waals surface area contributed by atoms with Crippen molar-refractivity contribution in [2.45, 2.75) is 17.4 Å². The van der Waals surface area contributed by atoms with Crippen LogP contribution in [0.3, 0.4) is 0 Å². The van der Waals surface area contributed by atoms with Gasteiger partial charge < -0.3 is 5.32 Å². The summed E-state index contributed by atoms with van der Waals surface area (Å²) in [4.78, 5) is 0.372. The summed E-state index contributed by atoms with van der Waals surface area (Å²) >= 11 is 0. The summed E-state index contributed by atoms with van der Waals surface area (Å²) in [5, 5.41) is 3.43. The second-order valence-corrected chi connectivity index (χ2v) is 8.63. The van der Waals surface area contributed by atoms with Gasteiger partial charge in [-0.2, -0.15) is 4.31 Å². The Labute approximate surface area is 160 Å². The van der Waals surface area contributed by atoms with Crippen molar-refractivity contribution in [1.82, 2.24) is 4.31 Å². The molecular weight excluding hydrogens is 356 g/mol. The van der Waals surface area contributed by atoms with Gasteiger partial charge in [0.2, 0.25) is 10.0 Å². The van der Waals surface area contributed by atoms with Crippen molar-refractivity contribution in [3.8, 4) is 11.1 Å². The van der Waals surface area contributed by atoms with Crippen LogP contribution in [0.25, 0.3) is 11.1 Å². The fourth-order valence-corrected chi connectivity index (χ4v) is 5.24. The predicted octanol–water partition coefficient (Wildman–Crippen LogP) is 4.23. The minimum absolute atomic E-state index is 0.117. The van der Waals surface area contributed by atoms with Crippen LogP contribution >= 0.6 is 0 Å². The van der Waals surface area contributed by atoms with Gasteiger partial charge in [0, 0.05) is 30.4 Å². The van der Waals surface area contributed by atoms with Crippen LogP contribution in [-0.4, -0.2) is 31.9 Å². The van der Waals surface area contributed by atoms with Crippen LogP contribution in [0.1, 0.15) is 6.42 Å². The van der Waals surface area contributed by atoms with Crippen LogP contribution in [-0.2, 0) is 10.0 Å². The van der Waals surface area contributed by atoms with E-state index in [1.807, 2.05) is 72.8 Å². The van der Waals surface area contributed by atoms with Crippen molar-refractivity contribution in [2.75, 3.05) is 18.4 Å². The average molecular weight is 378 g/mol. The van der Waals surface area contributed by atoms with Crippen molar-refractivity contribution < 1.29 is 8.42 Å². The topological polar surface area (TPSA) is 49.4 Å². The highest BCUT2D eigenvalue weighted by Crippen LogP contribution is 2.31. The molecule has 5 heteroatoms. The van der Waals surface area contributed by atoms with Gasteiger partial charge >= 0.3 is 0 Å². The van der Waals surface area contributed by atoms with Crippen molar-refractivity contribution in [1.29, 1.82) is 0 Å². The largest absolute Gasteiger partial charge is 0.381 e. The molecule has 0 radical (unpaired) electrons. The van der Waals surface area contributed by atoms with Crippen molar-refractivity contribution >= 4 is 15.7 Å². The summed E-state index contributed by atoms with van der Waals surface area (Å²) < 4.78 is 28.2. The molecule has 0 aliphatic carbocycles. The molecule has 138 valence electrons. The Kier molecular flexibility index (Phi) is 4.97. The highest BCUT2D eigenvalue weighted by atomic mass is 32.2. The van der Waals surface area contributed by atoms with Gasteiger partial charge in [0.25, 0.3) is 0 Å². The van der Waals surface area contributed by atoms with Crippen molar-refractivity contribution in [3.63, 3.8) is 0 Å². The number of para-hydroxylation sites is 1. The van der Waals surface area contributed by atoms with E-state index in [9.17, 15) is 8.42 Å². The first-order valence-electron chi connectivity index (χ1n) is 9.11. The number of rotatable bonds is 5. The summed E-state index contributed by atoms with van der Waals surface area (Å²) in [6.45, 7) is 0.996. The summed E-state index contributed by atoms with van der Waals surface area (Å²) in [5.74, 6) is 0. The minimum Gasteiger partial charge on any atom is -0.381 e. The van der Waals surface area contributed by atoms with Crippen LogP contribution in [0.5, 0.6) is 0 Å². The lowest BCUT2D eigenvalue weighted by Gasteiger charge is -2.19. The van der Waals surface area contributed by atoms with Gasteiger partial charge in [0.1, 0.15) is 0 Å². The fourth-order valence-electron chi connectivity index (χ4n) is 3.52. The molecule has 0 aromatic heterocycles. The molecule has 1 heterocycles. The molecule has 4 nitrogen and oxygen atoms in total. The predicted molar refractivity (Wildman–Crippen MR) is 109 cm³/mol. The molecule has 3 aromatic carbocycles. The average Bonchev–Trinajstić information content (AvgIpc) is 3.19. The van der Waals surface area contributed by atoms with Crippen LogP contribution in [0.4, 0.5) is 5.69 Å². The lowest BCUT2D eigenvalue weighted by Crippen LogP contribution is -2.32. The maximum atomic E-state index is 13.3. The number of anilines is 1. The Bertz CT molecular complexity index is 1000. The number of hydrogen-bond donors (Lipinski definition) is 1. The van der Waals surface area contributed by atoms with Crippen LogP contribution in [0.15, 0.2) is 89.8 Å². The van der Waals surface area contributed by atoms with Gasteiger partial charge in [-0.1, -0.05) is 66.7 Å². The second-order valence-electron chi connectivity index (χ2n) is 6.72. The maximum Gasteiger partial charge on any atom is 0.243 e. The Morgan fingerprint density at radius 1 is 0.815 bits per heavy atom. The van der Waals surface area contributed by atoms with E-state index >= 15 is 0 Å². The standard InChI is InChI=1S/C22H22N2O2S/c25-27(26,22-14-8-7-13-21(22)18-9-3-1-4-10-18)24-16-15-20(17-24)23-19-11-5-2-6-12-19/h1-14,20,23H,15-17H2. The summed E-state index contributed by atoms with van der Waals surface area (Å²) in [6, 6.07) is 26.9. The molecular formula is C22H22N2O2S. The third-order valence-electron chi connectivity index (χ3n) is 4.89. The van der Waals surface area contributed by atoms with Gasteiger partial charge in [-0.25, -0.2) is 8.42 Å². The molecule has 1 fully saturated rings. The first-order chi connectivity index (χ1) is 13.1. The maximum absolute atomic E-state index is 13.3. The normalized spacial score (nSPS) is 17.7. The first-order valence-corrected chi connectivity index (χ1v) is 10.5. The van der Waals surface area contributed by atoms with Gasteiger partial charge in [-0.15, -0.1) is 0 Å². The zero-order valence-electron chi connectivity index (χ0n) is 15.0. The van der Waals surface area contributed by atoms with E-state index in [0.717, 1.165) is 23.2 Å². The Balaban J connectivity index is 1.58. The van der Waals surface area contributed by atoms with Gasteiger partial charge in [0.15, 0.2) is 0 Å². The SMILES string of the molecule is O=S(=O)(c1ccccc1-c1ccccc1)N1CCC(Nc2ccccc2)C1. The third-order valence-corrected chi connectivity index (χ3v) is 6.81. The van der Waals surface area contributed by atoms with Gasteiger partial charge in [0.05, 0.1) is 4.90 Å². The summed E-state index contributed by atoms with van der Waals surface area (Å²) in [6.07, 6.45) is 0.793. The zero-order chi connectivity index (χ0) is 18.7. The van der Waals surface area contributed by atoms with E-state index in [2.05, 4.69) is 5.32 Å². The van der Waals surface area contributed by atoms with E-state index in [1.54, 1.807) is 16.4 Å². The molecule has 0 bridgehead atoms. The monoisotopic (exact) mass is 378 g/mol. The molecule has 0 saturated carbocycles. The molecule has 1 aliphatic rings. The molecule has 0 spiro atoms. The number of sulfonamides is 1. The zero-order valence-corrected chi connectivity index (χ0v) is 15.8. The van der Waals surface area contributed by atoms with E-state index < -0.39 is 10.0 Å². The minimum atomic E-state index is -3.55. The van der Waals surface area contributed by atoms with Crippen molar-refractivity contribution in [3.05, 3.63) is 84.9 Å². The second kappa shape index (κ2) is 7.55. The van der Waals surface area contributed by atoms with E-state index in [4.69, 9.17) is 0 Å². The lowest BCUT2D eigenvalue weighted by molar-refractivity contribution is 0.475. The van der Waals surface area contributed by atoms with Gasteiger partial charge in [-0.3, -0.25) is 0 Å². The fraction of sp³-hybridized carbons (Fsp3) is 0.182. The number of nitrogens with zero attached hydrogens (tertiary/aromatic N) is 1. The van der Waals surface area contributed by atoms with E-state index in [-0.39, 0.29) is 6.04 Å². The quantitative estimate of drug-likeness (QED) is 0.723. The smallest absolute Gasteiger partial charge is 0.243 e. The number of hydrogen-bond acceptors (Lipinski definition) is 3.